The molecule has 0 fully saturated rings. The van der Waals surface area contributed by atoms with E-state index in [0.29, 0.717) is 11.3 Å². The summed E-state index contributed by atoms with van der Waals surface area (Å²) in [6.07, 6.45) is 3.01. The van der Waals surface area contributed by atoms with Gasteiger partial charge in [0.1, 0.15) is 0 Å². The number of aromatic nitrogens is 1. The van der Waals surface area contributed by atoms with Crippen LogP contribution in [0.4, 0.5) is 0 Å². The van der Waals surface area contributed by atoms with Crippen molar-refractivity contribution >= 4 is 20.7 Å². The van der Waals surface area contributed by atoms with Gasteiger partial charge in [-0.05, 0) is 18.1 Å². The molecule has 0 atom stereocenters. The average Bonchev–Trinajstić information content (AvgIpc) is 2.59. The minimum absolute atomic E-state index is 0.156. The lowest BCUT2D eigenvalue weighted by Gasteiger charge is -2.13. The van der Waals surface area contributed by atoms with Crippen molar-refractivity contribution in [3.8, 4) is 11.1 Å². The van der Waals surface area contributed by atoms with Gasteiger partial charge in [-0.3, -0.25) is 4.98 Å². The molecule has 0 saturated heterocycles. The van der Waals surface area contributed by atoms with Gasteiger partial charge in [-0.2, -0.15) is 0 Å². The van der Waals surface area contributed by atoms with E-state index in [1.54, 1.807) is 0 Å². The van der Waals surface area contributed by atoms with E-state index in [0.717, 1.165) is 28.5 Å². The third-order valence-corrected chi connectivity index (χ3v) is 5.71. The molecule has 3 aromatic rings. The number of rotatable bonds is 5. The van der Waals surface area contributed by atoms with Crippen LogP contribution in [0.1, 0.15) is 19.8 Å². The minimum atomic E-state index is -3.36. The second-order valence-electron chi connectivity index (χ2n) is 5.55. The molecule has 0 amide bonds. The first-order valence-electron chi connectivity index (χ1n) is 7.79. The molecule has 1 heterocycles. The van der Waals surface area contributed by atoms with Crippen molar-refractivity contribution in [1.82, 2.24) is 4.98 Å². The van der Waals surface area contributed by atoms with Crippen molar-refractivity contribution in [2.45, 2.75) is 24.7 Å². The van der Waals surface area contributed by atoms with Crippen LogP contribution in [0.25, 0.3) is 22.0 Å². The van der Waals surface area contributed by atoms with Crippen molar-refractivity contribution in [1.29, 1.82) is 0 Å². The molecule has 2 aromatic carbocycles. The van der Waals surface area contributed by atoms with E-state index in [2.05, 4.69) is 4.98 Å². The van der Waals surface area contributed by atoms with Gasteiger partial charge in [-0.15, -0.1) is 0 Å². The molecular weight excluding hydrogens is 306 g/mol. The van der Waals surface area contributed by atoms with Gasteiger partial charge in [-0.1, -0.05) is 61.9 Å². The molecule has 0 aliphatic heterocycles. The van der Waals surface area contributed by atoms with E-state index < -0.39 is 9.84 Å². The second kappa shape index (κ2) is 6.50. The molecule has 0 spiro atoms. The Bertz CT molecular complexity index is 919. The summed E-state index contributed by atoms with van der Waals surface area (Å²) in [5, 5.41) is 0.872. The predicted octanol–water partition coefficient (Wildman–Crippen LogP) is 4.48. The molecule has 3 rings (SSSR count). The number of fused-ring (bicyclic) bond motifs is 1. The van der Waals surface area contributed by atoms with Crippen molar-refractivity contribution in [3.63, 3.8) is 0 Å². The van der Waals surface area contributed by atoms with E-state index in [-0.39, 0.29) is 5.75 Å². The Morgan fingerprint density at radius 1 is 0.957 bits per heavy atom. The highest BCUT2D eigenvalue weighted by Crippen LogP contribution is 2.34. The number of hydrogen-bond donors (Lipinski definition) is 0. The summed E-state index contributed by atoms with van der Waals surface area (Å²) in [7, 11) is -3.36. The van der Waals surface area contributed by atoms with Crippen molar-refractivity contribution in [3.05, 3.63) is 60.8 Å². The molecule has 1 aromatic heterocycles. The maximum absolute atomic E-state index is 12.8. The van der Waals surface area contributed by atoms with Crippen LogP contribution in [0, 0.1) is 0 Å². The average molecular weight is 325 g/mol. The Labute approximate surface area is 136 Å². The molecule has 23 heavy (non-hydrogen) atoms. The van der Waals surface area contributed by atoms with E-state index in [9.17, 15) is 8.42 Å². The fraction of sp³-hybridized carbons (Fsp3) is 0.211. The molecule has 118 valence electrons. The Morgan fingerprint density at radius 2 is 1.65 bits per heavy atom. The third kappa shape index (κ3) is 3.13. The Kier molecular flexibility index (Phi) is 4.44. The standard InChI is InChI=1S/C19H19NO2S/c1-2-3-13-23(21,22)18-14-20-17-12-8-7-11-16(17)19(18)15-9-5-4-6-10-15/h4-12,14H,2-3,13H2,1H3. The molecule has 4 heteroatoms. The van der Waals surface area contributed by atoms with Gasteiger partial charge in [-0.25, -0.2) is 8.42 Å². The van der Waals surface area contributed by atoms with E-state index in [4.69, 9.17) is 0 Å². The summed E-state index contributed by atoms with van der Waals surface area (Å²) in [4.78, 5) is 4.69. The lowest BCUT2D eigenvalue weighted by Crippen LogP contribution is -2.09. The maximum Gasteiger partial charge on any atom is 0.180 e. The van der Waals surface area contributed by atoms with Gasteiger partial charge < -0.3 is 0 Å². The van der Waals surface area contributed by atoms with Crippen molar-refractivity contribution in [2.24, 2.45) is 0 Å². The molecule has 0 N–H and O–H groups in total. The van der Waals surface area contributed by atoms with Crippen LogP contribution in [0.3, 0.4) is 0 Å². The molecule has 0 unspecified atom stereocenters. The Morgan fingerprint density at radius 3 is 2.39 bits per heavy atom. The first kappa shape index (κ1) is 15.7. The zero-order chi connectivity index (χ0) is 16.3. The minimum Gasteiger partial charge on any atom is -0.255 e. The molecular formula is C19H19NO2S. The van der Waals surface area contributed by atoms with E-state index >= 15 is 0 Å². The van der Waals surface area contributed by atoms with Gasteiger partial charge >= 0.3 is 0 Å². The van der Waals surface area contributed by atoms with Gasteiger partial charge in [0.25, 0.3) is 0 Å². The molecule has 0 aliphatic carbocycles. The number of sulfone groups is 1. The summed E-state index contributed by atoms with van der Waals surface area (Å²) < 4.78 is 25.6. The summed E-state index contributed by atoms with van der Waals surface area (Å²) in [5.41, 5.74) is 2.47. The normalized spacial score (nSPS) is 11.7. The highest BCUT2D eigenvalue weighted by atomic mass is 32.2. The maximum atomic E-state index is 12.8. The van der Waals surface area contributed by atoms with Crippen molar-refractivity contribution < 1.29 is 8.42 Å². The highest BCUT2D eigenvalue weighted by Gasteiger charge is 2.21. The first-order chi connectivity index (χ1) is 11.1. The Balaban J connectivity index is 2.31. The number of benzene rings is 2. The van der Waals surface area contributed by atoms with Crippen LogP contribution in [0.2, 0.25) is 0 Å². The van der Waals surface area contributed by atoms with Gasteiger partial charge in [0.05, 0.1) is 16.2 Å². The first-order valence-corrected chi connectivity index (χ1v) is 9.44. The quantitative estimate of drug-likeness (QED) is 0.695. The third-order valence-electron chi connectivity index (χ3n) is 3.90. The zero-order valence-corrected chi connectivity index (χ0v) is 13.9. The number of nitrogens with zero attached hydrogens (tertiary/aromatic N) is 1. The smallest absolute Gasteiger partial charge is 0.180 e. The lowest BCUT2D eigenvalue weighted by atomic mass is 10.0. The van der Waals surface area contributed by atoms with Crippen LogP contribution in [0.15, 0.2) is 65.7 Å². The van der Waals surface area contributed by atoms with E-state index in [1.165, 1.54) is 6.20 Å². The van der Waals surface area contributed by atoms with Gasteiger partial charge in [0.15, 0.2) is 9.84 Å². The molecule has 0 saturated carbocycles. The summed E-state index contributed by atoms with van der Waals surface area (Å²) in [6.45, 7) is 1.99. The molecule has 0 bridgehead atoms. The van der Waals surface area contributed by atoms with Crippen LogP contribution < -0.4 is 0 Å². The molecule has 3 nitrogen and oxygen atoms in total. The largest absolute Gasteiger partial charge is 0.255 e. The van der Waals surface area contributed by atoms with Crippen LogP contribution in [0.5, 0.6) is 0 Å². The fourth-order valence-corrected chi connectivity index (χ4v) is 4.35. The lowest BCUT2D eigenvalue weighted by molar-refractivity contribution is 0.592. The number of unbranched alkanes of at least 4 members (excludes halogenated alkanes) is 1. The van der Waals surface area contributed by atoms with Crippen LogP contribution >= 0.6 is 0 Å². The van der Waals surface area contributed by atoms with Gasteiger partial charge in [0, 0.05) is 17.1 Å². The second-order valence-corrected chi connectivity index (χ2v) is 7.63. The van der Waals surface area contributed by atoms with E-state index in [1.807, 2.05) is 61.5 Å². The number of para-hydroxylation sites is 1. The van der Waals surface area contributed by atoms with Crippen LogP contribution in [-0.2, 0) is 9.84 Å². The topological polar surface area (TPSA) is 47.0 Å². The number of pyridine rings is 1. The SMILES string of the molecule is CCCCS(=O)(=O)c1cnc2ccccc2c1-c1ccccc1. The Hall–Kier alpha value is -2.20. The summed E-state index contributed by atoms with van der Waals surface area (Å²) in [6, 6.07) is 17.3. The summed E-state index contributed by atoms with van der Waals surface area (Å²) in [5.74, 6) is 0.156. The van der Waals surface area contributed by atoms with Gasteiger partial charge in [0.2, 0.25) is 0 Å². The zero-order valence-electron chi connectivity index (χ0n) is 13.1. The van der Waals surface area contributed by atoms with Crippen LogP contribution in [-0.4, -0.2) is 19.2 Å². The predicted molar refractivity (Wildman–Crippen MR) is 94.1 cm³/mol. The van der Waals surface area contributed by atoms with Crippen molar-refractivity contribution in [2.75, 3.05) is 5.75 Å². The molecule has 0 aliphatic rings. The summed E-state index contributed by atoms with van der Waals surface area (Å²) >= 11 is 0. The molecule has 0 radical (unpaired) electrons. The number of hydrogen-bond acceptors (Lipinski definition) is 3. The monoisotopic (exact) mass is 325 g/mol. The fourth-order valence-electron chi connectivity index (χ4n) is 2.71. The highest BCUT2D eigenvalue weighted by molar-refractivity contribution is 7.91.